The van der Waals surface area contributed by atoms with Gasteiger partial charge >= 0.3 is 0 Å². The van der Waals surface area contributed by atoms with Crippen LogP contribution in [0.1, 0.15) is 65.7 Å². The van der Waals surface area contributed by atoms with E-state index < -0.39 is 0 Å². The fourth-order valence-corrected chi connectivity index (χ4v) is 3.78. The second-order valence-electron chi connectivity index (χ2n) is 8.03. The lowest BCUT2D eigenvalue weighted by molar-refractivity contribution is -0.132. The first-order valence-electron chi connectivity index (χ1n) is 8.97. The molecular weight excluding hydrogens is 260 g/mol. The minimum Gasteiger partial charge on any atom is -0.343 e. The molecule has 0 aromatic heterocycles. The van der Waals surface area contributed by atoms with Crippen molar-refractivity contribution in [1.82, 2.24) is 9.80 Å². The number of hydrogen-bond acceptors (Lipinski definition) is 2. The van der Waals surface area contributed by atoms with Crippen molar-refractivity contribution in [2.45, 2.75) is 65.7 Å². The maximum absolute atomic E-state index is 12.1. The molecule has 122 valence electrons. The second-order valence-corrected chi connectivity index (χ2v) is 8.03. The molecule has 0 atom stereocenters. The van der Waals surface area contributed by atoms with E-state index in [9.17, 15) is 4.79 Å². The van der Waals surface area contributed by atoms with Crippen LogP contribution in [0.2, 0.25) is 0 Å². The predicted molar refractivity (Wildman–Crippen MR) is 88.3 cm³/mol. The Morgan fingerprint density at radius 2 is 1.62 bits per heavy atom. The summed E-state index contributed by atoms with van der Waals surface area (Å²) >= 11 is 0. The van der Waals surface area contributed by atoms with Crippen molar-refractivity contribution < 1.29 is 4.79 Å². The lowest BCUT2D eigenvalue weighted by Gasteiger charge is -2.38. The summed E-state index contributed by atoms with van der Waals surface area (Å²) in [6.07, 6.45) is 8.13. The van der Waals surface area contributed by atoms with E-state index >= 15 is 0 Å². The summed E-state index contributed by atoms with van der Waals surface area (Å²) in [5.74, 6) is 1.25. The summed E-state index contributed by atoms with van der Waals surface area (Å²) in [4.78, 5) is 16.8. The molecule has 2 heterocycles. The molecule has 0 aromatic carbocycles. The molecule has 0 N–H and O–H groups in total. The van der Waals surface area contributed by atoms with Crippen LogP contribution in [0.4, 0.5) is 0 Å². The topological polar surface area (TPSA) is 23.6 Å². The van der Waals surface area contributed by atoms with E-state index in [1.807, 2.05) is 0 Å². The molecule has 0 unspecified atom stereocenters. The number of nitrogens with zero attached hydrogens (tertiary/aromatic N) is 2. The average molecular weight is 294 g/mol. The van der Waals surface area contributed by atoms with Gasteiger partial charge in [-0.15, -0.1) is 0 Å². The summed E-state index contributed by atoms with van der Waals surface area (Å²) in [7, 11) is 0. The maximum atomic E-state index is 12.1. The quantitative estimate of drug-likeness (QED) is 0.792. The molecule has 0 spiro atoms. The van der Waals surface area contributed by atoms with Gasteiger partial charge in [-0.1, -0.05) is 20.8 Å². The van der Waals surface area contributed by atoms with Crippen molar-refractivity contribution in [2.75, 3.05) is 32.7 Å². The third-order valence-electron chi connectivity index (χ3n) is 5.39. The van der Waals surface area contributed by atoms with Crippen LogP contribution in [0.25, 0.3) is 0 Å². The minimum absolute atomic E-state index is 0.388. The van der Waals surface area contributed by atoms with Gasteiger partial charge in [-0.05, 0) is 69.5 Å². The molecule has 2 saturated heterocycles. The van der Waals surface area contributed by atoms with Crippen LogP contribution >= 0.6 is 0 Å². The molecule has 3 heteroatoms. The van der Waals surface area contributed by atoms with E-state index in [0.717, 1.165) is 38.4 Å². The van der Waals surface area contributed by atoms with E-state index in [2.05, 4.69) is 30.6 Å². The monoisotopic (exact) mass is 294 g/mol. The van der Waals surface area contributed by atoms with Crippen molar-refractivity contribution in [3.05, 3.63) is 0 Å². The van der Waals surface area contributed by atoms with Crippen LogP contribution in [-0.4, -0.2) is 48.4 Å². The fourth-order valence-electron chi connectivity index (χ4n) is 3.78. The van der Waals surface area contributed by atoms with Gasteiger partial charge in [0.2, 0.25) is 5.91 Å². The number of piperidine rings is 2. The molecule has 2 rings (SSSR count). The Bertz CT molecular complexity index is 321. The van der Waals surface area contributed by atoms with E-state index in [0.29, 0.717) is 11.3 Å². The Balaban J connectivity index is 1.60. The minimum atomic E-state index is 0.388. The van der Waals surface area contributed by atoms with Crippen LogP contribution in [0.3, 0.4) is 0 Å². The van der Waals surface area contributed by atoms with Gasteiger partial charge in [0.05, 0.1) is 0 Å². The van der Waals surface area contributed by atoms with Crippen LogP contribution in [0.15, 0.2) is 0 Å². The number of rotatable bonds is 4. The van der Waals surface area contributed by atoms with Gasteiger partial charge in [0.15, 0.2) is 0 Å². The highest BCUT2D eigenvalue weighted by Gasteiger charge is 2.28. The van der Waals surface area contributed by atoms with Crippen LogP contribution in [-0.2, 0) is 4.79 Å². The summed E-state index contributed by atoms with van der Waals surface area (Å²) < 4.78 is 0. The zero-order valence-corrected chi connectivity index (χ0v) is 14.4. The van der Waals surface area contributed by atoms with Gasteiger partial charge < -0.3 is 9.80 Å². The van der Waals surface area contributed by atoms with Crippen LogP contribution in [0.5, 0.6) is 0 Å². The van der Waals surface area contributed by atoms with E-state index in [4.69, 9.17) is 0 Å². The zero-order chi connectivity index (χ0) is 15.3. The highest BCUT2D eigenvalue weighted by atomic mass is 16.2. The molecule has 2 aliphatic heterocycles. The van der Waals surface area contributed by atoms with Crippen molar-refractivity contribution in [3.63, 3.8) is 0 Å². The smallest absolute Gasteiger partial charge is 0.222 e. The molecule has 1 amide bonds. The lowest BCUT2D eigenvalue weighted by Crippen LogP contribution is -2.39. The molecule has 0 saturated carbocycles. The molecule has 0 aliphatic carbocycles. The highest BCUT2D eigenvalue weighted by Crippen LogP contribution is 2.34. The molecular formula is C18H34N2O. The molecule has 2 fully saturated rings. The number of carbonyl (C=O) groups is 1. The van der Waals surface area contributed by atoms with Gasteiger partial charge in [0, 0.05) is 19.5 Å². The Hall–Kier alpha value is -0.570. The molecule has 3 nitrogen and oxygen atoms in total. The Morgan fingerprint density at radius 3 is 2.19 bits per heavy atom. The predicted octanol–water partition coefficient (Wildman–Crippen LogP) is 3.54. The fraction of sp³-hybridized carbons (Fsp3) is 0.944. The van der Waals surface area contributed by atoms with Crippen molar-refractivity contribution in [3.8, 4) is 0 Å². The van der Waals surface area contributed by atoms with Crippen molar-refractivity contribution >= 4 is 5.91 Å². The van der Waals surface area contributed by atoms with Gasteiger partial charge in [-0.2, -0.15) is 0 Å². The Labute approximate surface area is 131 Å². The Kier molecular flexibility index (Phi) is 6.09. The van der Waals surface area contributed by atoms with Crippen LogP contribution < -0.4 is 0 Å². The van der Waals surface area contributed by atoms with E-state index in [1.54, 1.807) is 0 Å². The number of carbonyl (C=O) groups excluding carboxylic acids is 1. The third-order valence-corrected chi connectivity index (χ3v) is 5.39. The number of hydrogen-bond donors (Lipinski definition) is 0. The number of amides is 1. The number of likely N-dealkylation sites (tertiary alicyclic amines) is 2. The normalized spacial score (nSPS) is 22.5. The second kappa shape index (κ2) is 7.62. The molecule has 0 aromatic rings. The van der Waals surface area contributed by atoms with Gasteiger partial charge in [0.25, 0.3) is 0 Å². The van der Waals surface area contributed by atoms with Gasteiger partial charge in [0.1, 0.15) is 0 Å². The van der Waals surface area contributed by atoms with Crippen molar-refractivity contribution in [1.29, 1.82) is 0 Å². The maximum Gasteiger partial charge on any atom is 0.222 e. The largest absolute Gasteiger partial charge is 0.343 e. The summed E-state index contributed by atoms with van der Waals surface area (Å²) in [6, 6.07) is 0. The third kappa shape index (κ3) is 5.28. The van der Waals surface area contributed by atoms with E-state index in [1.165, 1.54) is 45.2 Å². The molecule has 21 heavy (non-hydrogen) atoms. The Morgan fingerprint density at radius 1 is 1.00 bits per heavy atom. The first-order chi connectivity index (χ1) is 9.97. The summed E-state index contributed by atoms with van der Waals surface area (Å²) in [5.41, 5.74) is 0.455. The molecule has 0 radical (unpaired) electrons. The molecule has 2 aliphatic rings. The molecule has 0 bridgehead atoms. The van der Waals surface area contributed by atoms with Crippen molar-refractivity contribution in [2.24, 2.45) is 11.3 Å². The average Bonchev–Trinajstić information content (AvgIpc) is 2.47. The highest BCUT2D eigenvalue weighted by molar-refractivity contribution is 5.76. The standard InChI is InChI=1S/C18H34N2O/c1-18(2,3)16-9-14-19(15-10-16)11-7-8-17(21)20-12-5-4-6-13-20/h16H,4-15H2,1-3H3. The van der Waals surface area contributed by atoms with E-state index in [-0.39, 0.29) is 0 Å². The lowest BCUT2D eigenvalue weighted by atomic mass is 9.75. The summed E-state index contributed by atoms with van der Waals surface area (Å²) in [5, 5.41) is 0. The first-order valence-corrected chi connectivity index (χ1v) is 8.97. The van der Waals surface area contributed by atoms with Crippen LogP contribution in [0, 0.1) is 11.3 Å². The SMILES string of the molecule is CC(C)(C)C1CCN(CCCC(=O)N2CCCCC2)CC1. The zero-order valence-electron chi connectivity index (χ0n) is 14.4. The summed E-state index contributed by atoms with van der Waals surface area (Å²) in [6.45, 7) is 12.6. The first kappa shape index (κ1) is 16.8. The van der Waals surface area contributed by atoms with Gasteiger partial charge in [-0.3, -0.25) is 4.79 Å². The van der Waals surface area contributed by atoms with Gasteiger partial charge in [-0.25, -0.2) is 0 Å².